The predicted molar refractivity (Wildman–Crippen MR) is 77.2 cm³/mol. The number of nitrogen functional groups attached to an aromatic ring is 1. The lowest BCUT2D eigenvalue weighted by Crippen LogP contribution is -2.33. The van der Waals surface area contributed by atoms with Gasteiger partial charge in [0, 0.05) is 25.4 Å². The normalized spacial score (nSPS) is 10.2. The van der Waals surface area contributed by atoms with Crippen LogP contribution >= 0.6 is 0 Å². The summed E-state index contributed by atoms with van der Waals surface area (Å²) in [7, 11) is 0. The van der Waals surface area contributed by atoms with Gasteiger partial charge in [0.05, 0.1) is 11.1 Å². The number of hydrogen-bond donors (Lipinski definition) is 3. The summed E-state index contributed by atoms with van der Waals surface area (Å²) in [4.78, 5) is 27.1. The quantitative estimate of drug-likeness (QED) is 0.713. The van der Waals surface area contributed by atoms with Crippen molar-refractivity contribution in [1.82, 2.24) is 15.6 Å². The summed E-state index contributed by atoms with van der Waals surface area (Å²) in [6.07, 6.45) is 0. The standard InChI is InChI=1S/C14H16N4O2/c1-9(19)16-6-7-17-14(20)11-8-13(15)18-12-5-3-2-4-10(11)12/h2-5,8H,6-7H2,1H3,(H2,15,18)(H,16,19)(H,17,20). The van der Waals surface area contributed by atoms with Crippen LogP contribution in [-0.4, -0.2) is 29.9 Å². The number of hydrogen-bond acceptors (Lipinski definition) is 4. The van der Waals surface area contributed by atoms with Crippen molar-refractivity contribution in [3.63, 3.8) is 0 Å². The predicted octanol–water partition coefficient (Wildman–Crippen LogP) is 0.683. The van der Waals surface area contributed by atoms with E-state index in [1.54, 1.807) is 12.1 Å². The van der Waals surface area contributed by atoms with Gasteiger partial charge in [-0.3, -0.25) is 9.59 Å². The van der Waals surface area contributed by atoms with Crippen LogP contribution in [0.25, 0.3) is 10.9 Å². The average molecular weight is 272 g/mol. The maximum Gasteiger partial charge on any atom is 0.252 e. The van der Waals surface area contributed by atoms with Crippen LogP contribution in [0.1, 0.15) is 17.3 Å². The molecule has 0 fully saturated rings. The van der Waals surface area contributed by atoms with Crippen LogP contribution in [0.4, 0.5) is 5.82 Å². The molecular formula is C14H16N4O2. The fourth-order valence-corrected chi connectivity index (χ4v) is 1.89. The summed E-state index contributed by atoms with van der Waals surface area (Å²) in [6.45, 7) is 2.17. The van der Waals surface area contributed by atoms with Crippen molar-refractivity contribution in [3.05, 3.63) is 35.9 Å². The highest BCUT2D eigenvalue weighted by molar-refractivity contribution is 6.06. The number of carbonyl (C=O) groups excluding carboxylic acids is 2. The maximum atomic E-state index is 12.1. The van der Waals surface area contributed by atoms with E-state index >= 15 is 0 Å². The van der Waals surface area contributed by atoms with Crippen molar-refractivity contribution in [2.45, 2.75) is 6.92 Å². The van der Waals surface area contributed by atoms with E-state index in [9.17, 15) is 9.59 Å². The van der Waals surface area contributed by atoms with Crippen LogP contribution in [0.2, 0.25) is 0 Å². The molecule has 0 spiro atoms. The number of benzene rings is 1. The number of amides is 2. The smallest absolute Gasteiger partial charge is 0.252 e. The summed E-state index contributed by atoms with van der Waals surface area (Å²) in [5.41, 5.74) is 6.87. The van der Waals surface area contributed by atoms with E-state index in [-0.39, 0.29) is 11.8 Å². The van der Waals surface area contributed by atoms with Gasteiger partial charge in [-0.25, -0.2) is 4.98 Å². The first-order valence-electron chi connectivity index (χ1n) is 6.26. The van der Waals surface area contributed by atoms with E-state index in [0.717, 1.165) is 5.39 Å². The van der Waals surface area contributed by atoms with E-state index in [1.165, 1.54) is 6.92 Å². The van der Waals surface area contributed by atoms with Gasteiger partial charge in [-0.05, 0) is 12.1 Å². The third-order valence-electron chi connectivity index (χ3n) is 2.77. The maximum absolute atomic E-state index is 12.1. The number of fused-ring (bicyclic) bond motifs is 1. The van der Waals surface area contributed by atoms with E-state index in [0.29, 0.717) is 30.0 Å². The molecule has 0 aliphatic carbocycles. The van der Waals surface area contributed by atoms with Crippen LogP contribution in [0.3, 0.4) is 0 Å². The second-order valence-electron chi connectivity index (χ2n) is 4.35. The Bertz CT molecular complexity index is 655. The van der Waals surface area contributed by atoms with Crippen molar-refractivity contribution >= 4 is 28.5 Å². The van der Waals surface area contributed by atoms with Gasteiger partial charge >= 0.3 is 0 Å². The minimum atomic E-state index is -0.236. The third kappa shape index (κ3) is 3.23. The highest BCUT2D eigenvalue weighted by atomic mass is 16.2. The Morgan fingerprint density at radius 3 is 2.65 bits per heavy atom. The minimum Gasteiger partial charge on any atom is -0.384 e. The van der Waals surface area contributed by atoms with E-state index in [4.69, 9.17) is 5.73 Å². The molecule has 2 rings (SSSR count). The Kier molecular flexibility index (Phi) is 4.14. The molecule has 0 aliphatic rings. The number of pyridine rings is 1. The number of nitrogens with two attached hydrogens (primary N) is 1. The number of anilines is 1. The number of rotatable bonds is 4. The zero-order valence-electron chi connectivity index (χ0n) is 11.1. The second kappa shape index (κ2) is 6.01. The SMILES string of the molecule is CC(=O)NCCNC(=O)c1cc(N)nc2ccccc12. The molecule has 0 unspecified atom stereocenters. The van der Waals surface area contributed by atoms with Gasteiger partial charge in [0.2, 0.25) is 5.91 Å². The van der Waals surface area contributed by atoms with Crippen molar-refractivity contribution in [3.8, 4) is 0 Å². The molecule has 1 heterocycles. The second-order valence-corrected chi connectivity index (χ2v) is 4.35. The van der Waals surface area contributed by atoms with E-state index in [1.807, 2.05) is 18.2 Å². The summed E-state index contributed by atoms with van der Waals surface area (Å²) in [5, 5.41) is 6.10. The van der Waals surface area contributed by atoms with Gasteiger partial charge in [0.25, 0.3) is 5.91 Å². The molecule has 0 aliphatic heterocycles. The molecule has 0 saturated carbocycles. The molecular weight excluding hydrogens is 256 g/mol. The molecule has 1 aromatic carbocycles. The topological polar surface area (TPSA) is 97.1 Å². The van der Waals surface area contributed by atoms with Gasteiger partial charge < -0.3 is 16.4 Å². The van der Waals surface area contributed by atoms with Crippen molar-refractivity contribution in [1.29, 1.82) is 0 Å². The molecule has 0 saturated heterocycles. The fourth-order valence-electron chi connectivity index (χ4n) is 1.89. The first-order valence-corrected chi connectivity index (χ1v) is 6.26. The molecule has 4 N–H and O–H groups in total. The highest BCUT2D eigenvalue weighted by Crippen LogP contribution is 2.19. The van der Waals surface area contributed by atoms with Gasteiger partial charge in [0.1, 0.15) is 5.82 Å². The molecule has 2 aromatic rings. The number of para-hydroxylation sites is 1. The van der Waals surface area contributed by atoms with Gasteiger partial charge in [-0.15, -0.1) is 0 Å². The van der Waals surface area contributed by atoms with Gasteiger partial charge in [-0.2, -0.15) is 0 Å². The molecule has 6 nitrogen and oxygen atoms in total. The Morgan fingerprint density at radius 2 is 1.90 bits per heavy atom. The number of aromatic nitrogens is 1. The van der Waals surface area contributed by atoms with Crippen LogP contribution in [0, 0.1) is 0 Å². The van der Waals surface area contributed by atoms with Gasteiger partial charge in [0.15, 0.2) is 0 Å². The zero-order chi connectivity index (χ0) is 14.5. The Morgan fingerprint density at radius 1 is 1.20 bits per heavy atom. The summed E-state index contributed by atoms with van der Waals surface area (Å²) in [5.74, 6) is -0.0609. The Hall–Kier alpha value is -2.63. The van der Waals surface area contributed by atoms with Crippen LogP contribution in [-0.2, 0) is 4.79 Å². The lowest BCUT2D eigenvalue weighted by Gasteiger charge is -2.09. The summed E-state index contributed by atoms with van der Waals surface area (Å²) < 4.78 is 0. The zero-order valence-corrected chi connectivity index (χ0v) is 11.1. The van der Waals surface area contributed by atoms with E-state index in [2.05, 4.69) is 15.6 Å². The van der Waals surface area contributed by atoms with Crippen LogP contribution in [0.5, 0.6) is 0 Å². The summed E-state index contributed by atoms with van der Waals surface area (Å²) >= 11 is 0. The molecule has 1 aromatic heterocycles. The number of nitrogens with one attached hydrogen (secondary N) is 2. The first kappa shape index (κ1) is 13.8. The van der Waals surface area contributed by atoms with Crippen molar-refractivity contribution in [2.24, 2.45) is 0 Å². The minimum absolute atomic E-state index is 0.127. The molecule has 20 heavy (non-hydrogen) atoms. The lowest BCUT2D eigenvalue weighted by molar-refractivity contribution is -0.118. The molecule has 6 heteroatoms. The highest BCUT2D eigenvalue weighted by Gasteiger charge is 2.11. The molecule has 0 bridgehead atoms. The fraction of sp³-hybridized carbons (Fsp3) is 0.214. The third-order valence-corrected chi connectivity index (χ3v) is 2.77. The number of nitrogens with zero attached hydrogens (tertiary/aromatic N) is 1. The summed E-state index contributed by atoms with van der Waals surface area (Å²) in [6, 6.07) is 8.86. The lowest BCUT2D eigenvalue weighted by atomic mass is 10.1. The average Bonchev–Trinajstić information content (AvgIpc) is 2.42. The molecule has 0 atom stereocenters. The number of carbonyl (C=O) groups is 2. The Labute approximate surface area is 116 Å². The molecule has 104 valence electrons. The molecule has 0 radical (unpaired) electrons. The van der Waals surface area contributed by atoms with Crippen LogP contribution < -0.4 is 16.4 Å². The van der Waals surface area contributed by atoms with Crippen molar-refractivity contribution in [2.75, 3.05) is 18.8 Å². The van der Waals surface area contributed by atoms with E-state index < -0.39 is 0 Å². The Balaban J connectivity index is 2.15. The largest absolute Gasteiger partial charge is 0.384 e. The van der Waals surface area contributed by atoms with Crippen LogP contribution in [0.15, 0.2) is 30.3 Å². The van der Waals surface area contributed by atoms with Crippen molar-refractivity contribution < 1.29 is 9.59 Å². The molecule has 2 amide bonds. The first-order chi connectivity index (χ1) is 9.58. The monoisotopic (exact) mass is 272 g/mol. The van der Waals surface area contributed by atoms with Gasteiger partial charge in [-0.1, -0.05) is 18.2 Å².